The largest absolute Gasteiger partial charge is 0.478 e. The molecule has 2 amide bonds. The number of hydrogen-bond donors (Lipinski definition) is 4. The van der Waals surface area contributed by atoms with Gasteiger partial charge in [0, 0.05) is 33.8 Å². The van der Waals surface area contributed by atoms with E-state index in [-0.39, 0.29) is 50.6 Å². The normalized spacial score (nSPS) is 11.0. The molecule has 0 fully saturated rings. The third-order valence-corrected chi connectivity index (χ3v) is 5.27. The number of anilines is 1. The van der Waals surface area contributed by atoms with Crippen LogP contribution in [0.25, 0.3) is 21.5 Å². The molecule has 0 radical (unpaired) electrons. The fourth-order valence-corrected chi connectivity index (χ4v) is 3.85. The molecule has 9 nitrogen and oxygen atoms in total. The predicted octanol–water partition coefficient (Wildman–Crippen LogP) is 1.54. The van der Waals surface area contributed by atoms with Crippen molar-refractivity contribution in [3.05, 3.63) is 81.1 Å². The van der Waals surface area contributed by atoms with E-state index in [4.69, 9.17) is 11.5 Å². The zero-order valence-corrected chi connectivity index (χ0v) is 16.7. The number of nitrogens with two attached hydrogens (primary N) is 2. The van der Waals surface area contributed by atoms with E-state index in [1.165, 1.54) is 12.1 Å². The van der Waals surface area contributed by atoms with Crippen LogP contribution < -0.4 is 22.3 Å². The number of primary amides is 1. The number of carbonyl (C=O) groups is 3. The first kappa shape index (κ1) is 20.7. The highest BCUT2D eigenvalue weighted by Crippen LogP contribution is 2.35. The molecule has 0 aliphatic heterocycles. The summed E-state index contributed by atoms with van der Waals surface area (Å²) in [5.41, 5.74) is 11.2. The minimum absolute atomic E-state index is 0.0233. The zero-order chi connectivity index (χ0) is 23.0. The van der Waals surface area contributed by atoms with Crippen molar-refractivity contribution in [1.82, 2.24) is 10.3 Å². The van der Waals surface area contributed by atoms with Gasteiger partial charge in [-0.15, -0.1) is 0 Å². The summed E-state index contributed by atoms with van der Waals surface area (Å²) in [7, 11) is 0. The molecule has 1 aromatic heterocycles. The lowest BCUT2D eigenvalue weighted by molar-refractivity contribution is 0.0698. The first-order chi connectivity index (χ1) is 15.3. The highest BCUT2D eigenvalue weighted by Gasteiger charge is 2.26. The molecule has 0 aliphatic carbocycles. The Bertz CT molecular complexity index is 1450. The Hall–Kier alpha value is -4.53. The lowest BCUT2D eigenvalue weighted by Crippen LogP contribution is -2.26. The summed E-state index contributed by atoms with van der Waals surface area (Å²) in [6, 6.07) is 13.3. The van der Waals surface area contributed by atoms with Gasteiger partial charge in [-0.3, -0.25) is 14.4 Å². The van der Waals surface area contributed by atoms with Crippen LogP contribution in [0, 0.1) is 0 Å². The number of nitrogens with zero attached hydrogens (tertiary/aromatic N) is 1. The number of aromatic nitrogens is 1. The van der Waals surface area contributed by atoms with Crippen molar-refractivity contribution in [2.75, 3.05) is 12.3 Å². The maximum Gasteiger partial charge on any atom is 0.336 e. The molecule has 4 bridgehead atoms. The van der Waals surface area contributed by atoms with Crippen LogP contribution in [-0.2, 0) is 6.42 Å². The number of carboxylic acid groups (broad SMARTS) is 1. The van der Waals surface area contributed by atoms with E-state index >= 15 is 0 Å². The lowest BCUT2D eigenvalue weighted by atomic mass is 9.91. The molecule has 0 spiro atoms. The number of amides is 2. The first-order valence-electron chi connectivity index (χ1n) is 9.67. The third kappa shape index (κ3) is 3.45. The predicted molar refractivity (Wildman–Crippen MR) is 119 cm³/mol. The van der Waals surface area contributed by atoms with Gasteiger partial charge < -0.3 is 21.9 Å². The number of nitrogens with one attached hydrogen (secondary N) is 1. The first-order valence-corrected chi connectivity index (χ1v) is 9.67. The van der Waals surface area contributed by atoms with Crippen molar-refractivity contribution in [3.8, 4) is 0 Å². The Kier molecular flexibility index (Phi) is 5.15. The summed E-state index contributed by atoms with van der Waals surface area (Å²) < 4.78 is 0. The van der Waals surface area contributed by atoms with Crippen LogP contribution in [0.5, 0.6) is 0 Å². The molecule has 9 heteroatoms. The van der Waals surface area contributed by atoms with Gasteiger partial charge in [-0.25, -0.2) is 4.79 Å². The van der Waals surface area contributed by atoms with Crippen molar-refractivity contribution >= 4 is 45.1 Å². The van der Waals surface area contributed by atoms with E-state index in [0.29, 0.717) is 6.42 Å². The Labute approximate surface area is 181 Å². The van der Waals surface area contributed by atoms with E-state index in [0.717, 1.165) is 11.6 Å². The van der Waals surface area contributed by atoms with Crippen molar-refractivity contribution in [3.63, 3.8) is 0 Å². The van der Waals surface area contributed by atoms with Crippen LogP contribution >= 0.6 is 0 Å². The standard InChI is InChI=1S/C23H18N4O5/c24-19-18-15(23(31)32)10-14(21(29)26-9-8-11-4-2-1-3-5-11)16-13(22(30)27-19)7-6-12(17(16)18)20(25)28/h1-7,10H,8-9H2,(H2,25,28)(H,26,29)(H,31,32)(H2,24,27,30). The molecule has 6 N–H and O–H groups in total. The van der Waals surface area contributed by atoms with Crippen molar-refractivity contribution in [1.29, 1.82) is 0 Å². The van der Waals surface area contributed by atoms with Gasteiger partial charge in [0.15, 0.2) is 0 Å². The summed E-state index contributed by atoms with van der Waals surface area (Å²) in [6.45, 7) is 0.270. The minimum atomic E-state index is -1.39. The van der Waals surface area contributed by atoms with Gasteiger partial charge in [-0.2, -0.15) is 4.98 Å². The summed E-state index contributed by atoms with van der Waals surface area (Å²) in [4.78, 5) is 53.6. The smallest absolute Gasteiger partial charge is 0.336 e. The molecular weight excluding hydrogens is 412 g/mol. The molecule has 0 atom stereocenters. The van der Waals surface area contributed by atoms with E-state index < -0.39 is 23.3 Å². The average molecular weight is 430 g/mol. The van der Waals surface area contributed by atoms with Gasteiger partial charge in [0.25, 0.3) is 11.5 Å². The van der Waals surface area contributed by atoms with Gasteiger partial charge in [0.1, 0.15) is 5.82 Å². The maximum atomic E-state index is 13.1. The molecule has 160 valence electrons. The number of carbonyl (C=O) groups excluding carboxylic acids is 2. The second-order valence-corrected chi connectivity index (χ2v) is 7.22. The molecule has 0 saturated heterocycles. The second-order valence-electron chi connectivity index (χ2n) is 7.22. The van der Waals surface area contributed by atoms with Crippen LogP contribution in [-0.4, -0.2) is 34.4 Å². The van der Waals surface area contributed by atoms with Crippen LogP contribution in [0.3, 0.4) is 0 Å². The average Bonchev–Trinajstić information content (AvgIpc) is 2.80. The molecule has 0 aliphatic rings. The Morgan fingerprint density at radius 1 is 0.938 bits per heavy atom. The van der Waals surface area contributed by atoms with E-state index in [1.807, 2.05) is 30.3 Å². The minimum Gasteiger partial charge on any atom is -0.478 e. The molecule has 3 aromatic carbocycles. The number of hydrogen-bond acceptors (Lipinski definition) is 6. The molecule has 0 saturated carbocycles. The lowest BCUT2D eigenvalue weighted by Gasteiger charge is -2.14. The molecule has 4 aromatic rings. The van der Waals surface area contributed by atoms with Crippen LogP contribution in [0.4, 0.5) is 5.82 Å². The molecule has 0 unspecified atom stereocenters. The highest BCUT2D eigenvalue weighted by atomic mass is 16.4. The van der Waals surface area contributed by atoms with E-state index in [2.05, 4.69) is 10.3 Å². The fraction of sp³-hybridized carbons (Fsp3) is 0.0870. The van der Waals surface area contributed by atoms with Crippen molar-refractivity contribution in [2.45, 2.75) is 6.42 Å². The topological polar surface area (TPSA) is 165 Å². The number of benzene rings is 3. The van der Waals surface area contributed by atoms with Gasteiger partial charge in [0.2, 0.25) is 5.91 Å². The highest BCUT2D eigenvalue weighted by molar-refractivity contribution is 6.28. The van der Waals surface area contributed by atoms with Crippen LogP contribution in [0.2, 0.25) is 0 Å². The monoisotopic (exact) mass is 430 g/mol. The number of aromatic carboxylic acids is 1. The molecular formula is C23H18N4O5. The van der Waals surface area contributed by atoms with Crippen molar-refractivity contribution in [2.24, 2.45) is 5.73 Å². The molecule has 4 rings (SSSR count). The van der Waals surface area contributed by atoms with Crippen LogP contribution in [0.15, 0.2) is 53.3 Å². The second kappa shape index (κ2) is 7.95. The zero-order valence-electron chi connectivity index (χ0n) is 16.7. The van der Waals surface area contributed by atoms with E-state index in [1.54, 1.807) is 0 Å². The van der Waals surface area contributed by atoms with E-state index in [9.17, 15) is 24.3 Å². The summed E-state index contributed by atoms with van der Waals surface area (Å²) in [6.07, 6.45) is 0.544. The van der Waals surface area contributed by atoms with Crippen molar-refractivity contribution < 1.29 is 19.5 Å². The SMILES string of the molecule is NC(=O)c1ccc2c(=O)nc(N)c3c(C(=O)O)cc(C(=O)NCCc4ccccc4)c2c13. The molecule has 1 heterocycles. The summed E-state index contributed by atoms with van der Waals surface area (Å²) in [5.74, 6) is -3.22. The summed E-state index contributed by atoms with van der Waals surface area (Å²) in [5, 5.41) is 12.5. The Morgan fingerprint density at radius 3 is 2.31 bits per heavy atom. The molecule has 32 heavy (non-hydrogen) atoms. The Morgan fingerprint density at radius 2 is 1.66 bits per heavy atom. The Balaban J connectivity index is 1.94. The number of nitrogen functional groups attached to an aromatic ring is 1. The number of carboxylic acids is 1. The van der Waals surface area contributed by atoms with Gasteiger partial charge >= 0.3 is 5.97 Å². The number of rotatable bonds is 6. The quantitative estimate of drug-likeness (QED) is 0.360. The fourth-order valence-electron chi connectivity index (χ4n) is 3.85. The summed E-state index contributed by atoms with van der Waals surface area (Å²) >= 11 is 0. The van der Waals surface area contributed by atoms with Gasteiger partial charge in [0.05, 0.1) is 10.9 Å². The third-order valence-electron chi connectivity index (χ3n) is 5.27. The van der Waals surface area contributed by atoms with Crippen LogP contribution in [0.1, 0.15) is 36.6 Å². The van der Waals surface area contributed by atoms with Gasteiger partial charge in [-0.1, -0.05) is 30.3 Å². The van der Waals surface area contributed by atoms with Gasteiger partial charge in [-0.05, 0) is 30.2 Å². The maximum absolute atomic E-state index is 13.1.